The average molecular weight is 338 g/mol. The van der Waals surface area contributed by atoms with Crippen LogP contribution < -0.4 is 5.32 Å². The van der Waals surface area contributed by atoms with Gasteiger partial charge in [0.05, 0.1) is 12.5 Å². The third kappa shape index (κ3) is 7.34. The Balaban J connectivity index is 0.00000264. The van der Waals surface area contributed by atoms with Gasteiger partial charge in [0.2, 0.25) is 6.29 Å². The third-order valence-corrected chi connectivity index (χ3v) is 3.78. The van der Waals surface area contributed by atoms with Crippen molar-refractivity contribution in [3.8, 4) is 0 Å². The fourth-order valence-corrected chi connectivity index (χ4v) is 2.67. The first-order valence-electron chi connectivity index (χ1n) is 7.91. The lowest BCUT2D eigenvalue weighted by Crippen LogP contribution is -2.43. The van der Waals surface area contributed by atoms with E-state index < -0.39 is 18.4 Å². The van der Waals surface area contributed by atoms with Gasteiger partial charge in [0.1, 0.15) is 12.6 Å². The van der Waals surface area contributed by atoms with Crippen LogP contribution in [0.15, 0.2) is 12.7 Å². The molecule has 2 rings (SSSR count). The number of carbonyl (C=O) groups is 2. The minimum absolute atomic E-state index is 0. The molecular formula is C18H28NO5. The molecule has 1 amide bonds. The standard InChI is InChI=1S/C16H24NO5.2CH2/c1-2-10-20-16(19)17-13-11-14(18)22-15(13)21-12-8-6-4-3-5-7-9-12;;/h2,8,12-13,15H,1,3-7,9-11H2,(H,17,19);2*1H2. The van der Waals surface area contributed by atoms with Crippen LogP contribution in [-0.4, -0.2) is 37.1 Å². The largest absolute Gasteiger partial charge is 0.445 e. The zero-order valence-corrected chi connectivity index (χ0v) is 14.2. The van der Waals surface area contributed by atoms with Crippen LogP contribution in [0.5, 0.6) is 0 Å². The molecule has 0 bridgehead atoms. The number of alkyl carbamates (subject to hydrolysis) is 1. The summed E-state index contributed by atoms with van der Waals surface area (Å²) in [4.78, 5) is 23.1. The van der Waals surface area contributed by atoms with Crippen molar-refractivity contribution in [2.45, 2.75) is 63.4 Å². The SMILES string of the molecule is C=CCOC(=O)NC1CC(=O)OC1OC1[CH]CCCCCC1.[CH2].[CH2]. The van der Waals surface area contributed by atoms with Crippen LogP contribution in [0.4, 0.5) is 4.79 Å². The quantitative estimate of drug-likeness (QED) is 0.616. The Hall–Kier alpha value is -1.56. The number of hydrogen-bond donors (Lipinski definition) is 1. The molecule has 3 atom stereocenters. The Morgan fingerprint density at radius 3 is 2.83 bits per heavy atom. The summed E-state index contributed by atoms with van der Waals surface area (Å²) in [5.41, 5.74) is 0. The van der Waals surface area contributed by atoms with Crippen LogP contribution in [0.1, 0.15) is 44.9 Å². The van der Waals surface area contributed by atoms with E-state index in [0.717, 1.165) is 19.3 Å². The second-order valence-corrected chi connectivity index (χ2v) is 5.60. The summed E-state index contributed by atoms with van der Waals surface area (Å²) >= 11 is 0. The van der Waals surface area contributed by atoms with Crippen molar-refractivity contribution < 1.29 is 23.8 Å². The third-order valence-electron chi connectivity index (χ3n) is 3.78. The number of nitrogens with one attached hydrogen (secondary N) is 1. The van der Waals surface area contributed by atoms with Gasteiger partial charge in [-0.05, 0) is 19.3 Å². The van der Waals surface area contributed by atoms with Crippen molar-refractivity contribution in [1.82, 2.24) is 5.32 Å². The van der Waals surface area contributed by atoms with Crippen molar-refractivity contribution in [1.29, 1.82) is 0 Å². The van der Waals surface area contributed by atoms with E-state index in [9.17, 15) is 9.59 Å². The van der Waals surface area contributed by atoms with Gasteiger partial charge in [-0.3, -0.25) is 4.79 Å². The number of cyclic esters (lactones) is 1. The van der Waals surface area contributed by atoms with Crippen LogP contribution in [0.25, 0.3) is 0 Å². The lowest BCUT2D eigenvalue weighted by Gasteiger charge is -2.26. The molecule has 0 aromatic rings. The molecule has 2 fully saturated rings. The topological polar surface area (TPSA) is 73.9 Å². The van der Waals surface area contributed by atoms with E-state index in [1.165, 1.54) is 25.3 Å². The van der Waals surface area contributed by atoms with Crippen molar-refractivity contribution >= 4 is 12.1 Å². The maximum atomic E-state index is 11.6. The first-order chi connectivity index (χ1) is 10.7. The van der Waals surface area contributed by atoms with Crippen LogP contribution >= 0.6 is 0 Å². The zero-order valence-electron chi connectivity index (χ0n) is 14.2. The fraction of sp³-hybridized carbons (Fsp3) is 0.611. The van der Waals surface area contributed by atoms with Crippen LogP contribution in [0.2, 0.25) is 0 Å². The van der Waals surface area contributed by atoms with E-state index in [2.05, 4.69) is 18.3 Å². The van der Waals surface area contributed by atoms with E-state index in [0.29, 0.717) is 0 Å². The normalized spacial score (nSPS) is 24.4. The summed E-state index contributed by atoms with van der Waals surface area (Å²) in [7, 11) is 0. The Bertz CT molecular complexity index is 391. The van der Waals surface area contributed by atoms with Crippen molar-refractivity contribution in [3.05, 3.63) is 33.9 Å². The molecule has 3 unspecified atom stereocenters. The molecule has 6 heteroatoms. The summed E-state index contributed by atoms with van der Waals surface area (Å²) in [6, 6.07) is -0.511. The number of rotatable bonds is 5. The van der Waals surface area contributed by atoms with E-state index in [1.807, 2.05) is 0 Å². The summed E-state index contributed by atoms with van der Waals surface area (Å²) in [6.45, 7) is 3.59. The Kier molecular flexibility index (Phi) is 11.1. The van der Waals surface area contributed by atoms with Gasteiger partial charge < -0.3 is 19.5 Å². The molecule has 1 saturated heterocycles. The van der Waals surface area contributed by atoms with Gasteiger partial charge >= 0.3 is 12.1 Å². The molecule has 5 radical (unpaired) electrons. The van der Waals surface area contributed by atoms with Crippen molar-refractivity contribution in [2.75, 3.05) is 6.61 Å². The first kappa shape index (κ1) is 22.4. The van der Waals surface area contributed by atoms with Crippen LogP contribution in [0, 0.1) is 21.3 Å². The second-order valence-electron chi connectivity index (χ2n) is 5.60. The van der Waals surface area contributed by atoms with Gasteiger partial charge in [-0.1, -0.05) is 53.2 Å². The molecule has 1 heterocycles. The highest BCUT2D eigenvalue weighted by molar-refractivity contribution is 5.75. The average Bonchev–Trinajstić information content (AvgIpc) is 2.79. The molecule has 135 valence electrons. The lowest BCUT2D eigenvalue weighted by molar-refractivity contribution is -0.173. The number of amides is 1. The molecule has 1 aliphatic carbocycles. The van der Waals surface area contributed by atoms with E-state index in [-0.39, 0.29) is 40.0 Å². The highest BCUT2D eigenvalue weighted by atomic mass is 16.7. The molecule has 1 saturated carbocycles. The monoisotopic (exact) mass is 338 g/mol. The first-order valence-corrected chi connectivity index (χ1v) is 7.91. The van der Waals surface area contributed by atoms with Crippen molar-refractivity contribution in [2.24, 2.45) is 0 Å². The van der Waals surface area contributed by atoms with E-state index in [1.54, 1.807) is 0 Å². The maximum Gasteiger partial charge on any atom is 0.407 e. The van der Waals surface area contributed by atoms with Gasteiger partial charge in [0.25, 0.3) is 0 Å². The molecule has 2 aliphatic rings. The predicted molar refractivity (Wildman–Crippen MR) is 90.6 cm³/mol. The summed E-state index contributed by atoms with van der Waals surface area (Å²) < 4.78 is 15.9. The molecule has 6 nitrogen and oxygen atoms in total. The summed E-state index contributed by atoms with van der Waals surface area (Å²) in [6.07, 6.45) is 8.97. The number of hydrogen-bond acceptors (Lipinski definition) is 5. The summed E-state index contributed by atoms with van der Waals surface area (Å²) in [5, 5.41) is 2.62. The predicted octanol–water partition coefficient (Wildman–Crippen LogP) is 3.14. The molecular weight excluding hydrogens is 310 g/mol. The van der Waals surface area contributed by atoms with Gasteiger partial charge in [0, 0.05) is 0 Å². The molecule has 0 spiro atoms. The molecule has 1 N–H and O–H groups in total. The molecule has 1 aliphatic heterocycles. The van der Waals surface area contributed by atoms with Gasteiger partial charge in [-0.2, -0.15) is 0 Å². The Labute approximate surface area is 145 Å². The number of esters is 1. The van der Waals surface area contributed by atoms with E-state index >= 15 is 0 Å². The minimum atomic E-state index is -0.746. The van der Waals surface area contributed by atoms with Crippen molar-refractivity contribution in [3.63, 3.8) is 0 Å². The number of carbonyl (C=O) groups excluding carboxylic acids is 2. The minimum Gasteiger partial charge on any atom is -0.445 e. The lowest BCUT2D eigenvalue weighted by atomic mass is 9.98. The number of ether oxygens (including phenoxy) is 3. The van der Waals surface area contributed by atoms with Gasteiger partial charge in [-0.15, -0.1) is 0 Å². The second kappa shape index (κ2) is 11.9. The highest BCUT2D eigenvalue weighted by Gasteiger charge is 2.38. The van der Waals surface area contributed by atoms with E-state index in [4.69, 9.17) is 14.2 Å². The molecule has 24 heavy (non-hydrogen) atoms. The van der Waals surface area contributed by atoms with Gasteiger partial charge in [-0.25, -0.2) is 4.79 Å². The van der Waals surface area contributed by atoms with Gasteiger partial charge in [0.15, 0.2) is 0 Å². The smallest absolute Gasteiger partial charge is 0.407 e. The molecule has 0 aromatic heterocycles. The maximum absolute atomic E-state index is 11.6. The zero-order chi connectivity index (χ0) is 15.8. The summed E-state index contributed by atoms with van der Waals surface area (Å²) in [5.74, 6) is -0.370. The fourth-order valence-electron chi connectivity index (χ4n) is 2.67. The highest BCUT2D eigenvalue weighted by Crippen LogP contribution is 2.24. The van der Waals surface area contributed by atoms with Crippen LogP contribution in [-0.2, 0) is 19.0 Å². The van der Waals surface area contributed by atoms with Crippen LogP contribution in [0.3, 0.4) is 0 Å². The molecule has 0 aromatic carbocycles. The Morgan fingerprint density at radius 1 is 1.33 bits per heavy atom. The Morgan fingerprint density at radius 2 is 2.08 bits per heavy atom.